The van der Waals surface area contributed by atoms with Crippen LogP contribution >= 0.6 is 15.9 Å². The van der Waals surface area contributed by atoms with Gasteiger partial charge in [0.1, 0.15) is 4.90 Å². The van der Waals surface area contributed by atoms with E-state index in [1.165, 1.54) is 0 Å². The van der Waals surface area contributed by atoms with Gasteiger partial charge < -0.3 is 5.11 Å². The minimum atomic E-state index is -4.26. The second-order valence-electron chi connectivity index (χ2n) is 4.98. The van der Waals surface area contributed by atoms with Crippen LogP contribution in [0.4, 0.5) is 5.69 Å². The van der Waals surface area contributed by atoms with Gasteiger partial charge in [0.05, 0.1) is 10.5 Å². The molecule has 106 valence electrons. The maximum Gasteiger partial charge on any atom is 0.316 e. The normalized spacial score (nSPS) is 12.5. The summed E-state index contributed by atoms with van der Waals surface area (Å²) in [6.45, 7) is 5.11. The molecule has 0 heterocycles. The van der Waals surface area contributed by atoms with Crippen LogP contribution in [0.2, 0.25) is 0 Å². The summed E-state index contributed by atoms with van der Waals surface area (Å²) in [5.41, 5.74) is -1.14. The lowest BCUT2D eigenvalue weighted by atomic mass is 9.85. The van der Waals surface area contributed by atoms with Crippen molar-refractivity contribution in [2.45, 2.75) is 31.1 Å². The van der Waals surface area contributed by atoms with Gasteiger partial charge >= 0.3 is 5.69 Å². The number of hydrogen-bond acceptors (Lipinski definition) is 5. The molecule has 0 amide bonds. The van der Waals surface area contributed by atoms with E-state index in [0.29, 0.717) is 0 Å². The van der Waals surface area contributed by atoms with Crippen LogP contribution < -0.4 is 5.14 Å². The molecule has 9 heteroatoms. The highest BCUT2D eigenvalue weighted by Gasteiger charge is 2.35. The van der Waals surface area contributed by atoms with E-state index in [0.717, 1.165) is 6.07 Å². The predicted molar refractivity (Wildman–Crippen MR) is 72.5 cm³/mol. The number of nitrogens with two attached hydrogens (primary N) is 1. The molecule has 7 nitrogen and oxygen atoms in total. The van der Waals surface area contributed by atoms with E-state index >= 15 is 0 Å². The Kier molecular flexibility index (Phi) is 3.95. The van der Waals surface area contributed by atoms with Gasteiger partial charge in [0.2, 0.25) is 15.8 Å². The minimum absolute atomic E-state index is 0.197. The van der Waals surface area contributed by atoms with Crippen LogP contribution in [0.15, 0.2) is 15.4 Å². The van der Waals surface area contributed by atoms with Crippen LogP contribution in [0, 0.1) is 10.1 Å². The monoisotopic (exact) mass is 352 g/mol. The van der Waals surface area contributed by atoms with E-state index in [1.54, 1.807) is 20.8 Å². The molecule has 0 aliphatic carbocycles. The largest absolute Gasteiger partial charge is 0.501 e. The number of aromatic hydroxyl groups is 1. The molecular weight excluding hydrogens is 340 g/mol. The van der Waals surface area contributed by atoms with Crippen molar-refractivity contribution in [2.75, 3.05) is 0 Å². The van der Waals surface area contributed by atoms with Gasteiger partial charge in [0, 0.05) is 4.47 Å². The number of phenols is 1. The Labute approximate surface area is 118 Å². The molecule has 0 fully saturated rings. The summed E-state index contributed by atoms with van der Waals surface area (Å²) in [4.78, 5) is 9.60. The zero-order valence-corrected chi connectivity index (χ0v) is 12.9. The van der Waals surface area contributed by atoms with Gasteiger partial charge in [0.25, 0.3) is 0 Å². The summed E-state index contributed by atoms with van der Waals surface area (Å²) in [6, 6.07) is 1.07. The average Bonchev–Trinajstić information content (AvgIpc) is 2.16. The molecule has 0 spiro atoms. The van der Waals surface area contributed by atoms with Gasteiger partial charge in [-0.15, -0.1) is 0 Å². The SMILES string of the molecule is CC(C)(C)c1c(Br)cc(S(N)(=O)=O)c(O)c1[N+](=O)[O-]. The second-order valence-corrected chi connectivity index (χ2v) is 7.37. The number of nitrogens with zero attached hydrogens (tertiary/aromatic N) is 1. The van der Waals surface area contributed by atoms with Crippen LogP contribution in [-0.2, 0) is 15.4 Å². The van der Waals surface area contributed by atoms with Crippen LogP contribution in [0.1, 0.15) is 26.3 Å². The lowest BCUT2D eigenvalue weighted by molar-refractivity contribution is -0.387. The number of nitro groups is 1. The number of rotatable bonds is 2. The molecule has 19 heavy (non-hydrogen) atoms. The van der Waals surface area contributed by atoms with Crippen molar-refractivity contribution in [3.05, 3.63) is 26.2 Å². The van der Waals surface area contributed by atoms with E-state index in [-0.39, 0.29) is 10.0 Å². The van der Waals surface area contributed by atoms with Gasteiger partial charge in [-0.05, 0) is 11.5 Å². The van der Waals surface area contributed by atoms with Crippen molar-refractivity contribution in [2.24, 2.45) is 5.14 Å². The summed E-state index contributed by atoms with van der Waals surface area (Å²) < 4.78 is 22.8. The topological polar surface area (TPSA) is 124 Å². The predicted octanol–water partition coefficient (Wildman–Crippen LogP) is 2.01. The highest BCUT2D eigenvalue weighted by atomic mass is 79.9. The third-order valence-corrected chi connectivity index (χ3v) is 3.98. The summed E-state index contributed by atoms with van der Waals surface area (Å²) in [5.74, 6) is -0.944. The lowest BCUT2D eigenvalue weighted by Gasteiger charge is -2.21. The molecule has 0 aliphatic rings. The molecule has 0 bridgehead atoms. The fraction of sp³-hybridized carbons (Fsp3) is 0.400. The first-order valence-corrected chi connectivity index (χ1v) is 7.44. The van der Waals surface area contributed by atoms with Gasteiger partial charge in [-0.1, -0.05) is 36.7 Å². The summed E-state index contributed by atoms with van der Waals surface area (Å²) in [6.07, 6.45) is 0. The third-order valence-electron chi connectivity index (χ3n) is 2.43. The van der Waals surface area contributed by atoms with Gasteiger partial charge in [-0.2, -0.15) is 0 Å². The third kappa shape index (κ3) is 3.04. The number of nitro benzene ring substituents is 1. The first kappa shape index (κ1) is 15.9. The maximum absolute atomic E-state index is 11.3. The molecular formula is C10H13BrN2O5S. The Bertz CT molecular complexity index is 649. The molecule has 3 N–H and O–H groups in total. The van der Waals surface area contributed by atoms with Gasteiger partial charge in [-0.25, -0.2) is 13.6 Å². The van der Waals surface area contributed by atoms with E-state index in [2.05, 4.69) is 15.9 Å². The molecule has 0 radical (unpaired) electrons. The van der Waals surface area contributed by atoms with E-state index in [9.17, 15) is 23.6 Å². The maximum atomic E-state index is 11.3. The lowest BCUT2D eigenvalue weighted by Crippen LogP contribution is -2.18. The fourth-order valence-electron chi connectivity index (χ4n) is 1.71. The second kappa shape index (κ2) is 4.73. The Hall–Kier alpha value is -1.19. The number of hydrogen-bond donors (Lipinski definition) is 2. The molecule has 0 saturated carbocycles. The Morgan fingerprint density at radius 1 is 1.42 bits per heavy atom. The van der Waals surface area contributed by atoms with E-state index in [4.69, 9.17) is 5.14 Å². The number of sulfonamides is 1. The first-order valence-electron chi connectivity index (χ1n) is 5.10. The molecule has 0 unspecified atom stereocenters. The number of halogens is 1. The summed E-state index contributed by atoms with van der Waals surface area (Å²) in [5, 5.41) is 25.9. The standard InChI is InChI=1S/C10H13BrN2O5S/c1-10(2,3)7-5(11)4-6(19(12,17)18)9(14)8(7)13(15)16/h4,14H,1-3H3,(H2,12,17,18). The first-order chi connectivity index (χ1) is 8.37. The van der Waals surface area contributed by atoms with Crippen molar-refractivity contribution in [1.82, 2.24) is 0 Å². The van der Waals surface area contributed by atoms with Crippen molar-refractivity contribution < 1.29 is 18.4 Å². The van der Waals surface area contributed by atoms with E-state index < -0.39 is 36.7 Å². The number of primary sulfonamides is 1. The highest BCUT2D eigenvalue weighted by molar-refractivity contribution is 9.10. The Balaban J connectivity index is 3.93. The molecule has 0 saturated heterocycles. The van der Waals surface area contributed by atoms with E-state index in [1.807, 2.05) is 0 Å². The quantitative estimate of drug-likeness (QED) is 0.622. The number of phenolic OH excluding ortho intramolecular Hbond substituents is 1. The summed E-state index contributed by atoms with van der Waals surface area (Å²) in [7, 11) is -4.26. The smallest absolute Gasteiger partial charge is 0.316 e. The molecule has 0 aliphatic heterocycles. The van der Waals surface area contributed by atoms with Crippen LogP contribution in [0.5, 0.6) is 5.75 Å². The van der Waals surface area contributed by atoms with Crippen LogP contribution in [-0.4, -0.2) is 18.4 Å². The molecule has 0 atom stereocenters. The van der Waals surface area contributed by atoms with Crippen molar-refractivity contribution in [1.29, 1.82) is 0 Å². The average molecular weight is 353 g/mol. The van der Waals surface area contributed by atoms with Crippen LogP contribution in [0.25, 0.3) is 0 Å². The summed E-state index contributed by atoms with van der Waals surface area (Å²) >= 11 is 3.09. The van der Waals surface area contributed by atoms with Gasteiger partial charge in [0.15, 0.2) is 0 Å². The zero-order valence-electron chi connectivity index (χ0n) is 10.5. The number of benzene rings is 1. The molecule has 0 aromatic heterocycles. The molecule has 1 aromatic rings. The fourth-order valence-corrected chi connectivity index (χ4v) is 3.52. The Morgan fingerprint density at radius 3 is 2.21 bits per heavy atom. The molecule has 1 aromatic carbocycles. The van der Waals surface area contributed by atoms with Crippen molar-refractivity contribution in [3.8, 4) is 5.75 Å². The minimum Gasteiger partial charge on any atom is -0.501 e. The van der Waals surface area contributed by atoms with Crippen LogP contribution in [0.3, 0.4) is 0 Å². The Morgan fingerprint density at radius 2 is 1.89 bits per heavy atom. The van der Waals surface area contributed by atoms with Crippen molar-refractivity contribution >= 4 is 31.6 Å². The zero-order chi connectivity index (χ0) is 15.2. The van der Waals surface area contributed by atoms with Gasteiger partial charge in [-0.3, -0.25) is 10.1 Å². The molecule has 1 rings (SSSR count). The highest BCUT2D eigenvalue weighted by Crippen LogP contribution is 2.45. The van der Waals surface area contributed by atoms with Crippen molar-refractivity contribution in [3.63, 3.8) is 0 Å².